The molecule has 0 spiro atoms. The smallest absolute Gasteiger partial charge is 0.137 e. The van der Waals surface area contributed by atoms with Gasteiger partial charge in [-0.05, 0) is 45.3 Å². The minimum atomic E-state index is -0.337. The van der Waals surface area contributed by atoms with E-state index in [4.69, 9.17) is 33.7 Å². The van der Waals surface area contributed by atoms with Gasteiger partial charge in [0.2, 0.25) is 0 Å². The van der Waals surface area contributed by atoms with E-state index in [-0.39, 0.29) is 6.04 Å². The molecule has 1 atom stereocenters. The molecule has 2 N–H and O–H groups in total. The lowest BCUT2D eigenvalue weighted by atomic mass is 9.99. The van der Waals surface area contributed by atoms with E-state index in [0.717, 1.165) is 15.6 Å². The molecule has 2 nitrogen and oxygen atoms in total. The van der Waals surface area contributed by atoms with E-state index in [9.17, 15) is 0 Å². The predicted octanol–water partition coefficient (Wildman–Crippen LogP) is 4.81. The van der Waals surface area contributed by atoms with E-state index in [1.165, 1.54) is 0 Å². The van der Waals surface area contributed by atoms with Crippen LogP contribution in [0.5, 0.6) is 5.75 Å². The molecular weight excluding hydrogens is 349 g/mol. The standard InChI is InChI=1S/C14H12BrCl2NO/c1-19-12-7-8(5-6-11(12)16)14(18)9-3-2-4-10(15)13(9)17/h2-7,14H,18H2,1H3. The second-order valence-electron chi connectivity index (χ2n) is 4.01. The number of methoxy groups -OCH3 is 1. The summed E-state index contributed by atoms with van der Waals surface area (Å²) in [7, 11) is 1.57. The van der Waals surface area contributed by atoms with Gasteiger partial charge in [-0.1, -0.05) is 41.4 Å². The lowest BCUT2D eigenvalue weighted by Gasteiger charge is -2.16. The molecule has 0 aliphatic rings. The molecule has 2 aromatic carbocycles. The monoisotopic (exact) mass is 359 g/mol. The minimum absolute atomic E-state index is 0.337. The topological polar surface area (TPSA) is 35.2 Å². The zero-order chi connectivity index (χ0) is 14.0. The molecular formula is C14H12BrCl2NO. The molecule has 0 saturated carbocycles. The summed E-state index contributed by atoms with van der Waals surface area (Å²) in [5.41, 5.74) is 7.99. The van der Waals surface area contributed by atoms with Crippen LogP contribution >= 0.6 is 39.1 Å². The van der Waals surface area contributed by atoms with Crippen molar-refractivity contribution in [1.29, 1.82) is 0 Å². The number of hydrogen-bond donors (Lipinski definition) is 1. The summed E-state index contributed by atoms with van der Waals surface area (Å²) >= 11 is 15.7. The van der Waals surface area contributed by atoms with Crippen LogP contribution in [0.4, 0.5) is 0 Å². The van der Waals surface area contributed by atoms with Crippen LogP contribution in [0.15, 0.2) is 40.9 Å². The molecule has 1 unspecified atom stereocenters. The van der Waals surface area contributed by atoms with Crippen LogP contribution in [0.25, 0.3) is 0 Å². The maximum Gasteiger partial charge on any atom is 0.137 e. The van der Waals surface area contributed by atoms with Crippen LogP contribution in [0, 0.1) is 0 Å². The highest BCUT2D eigenvalue weighted by molar-refractivity contribution is 9.10. The van der Waals surface area contributed by atoms with Gasteiger partial charge in [0.05, 0.1) is 23.2 Å². The molecule has 0 aromatic heterocycles. The molecule has 0 aliphatic carbocycles. The Bertz CT molecular complexity index is 604. The molecule has 5 heteroatoms. The van der Waals surface area contributed by atoms with Crippen LogP contribution in [-0.2, 0) is 0 Å². The van der Waals surface area contributed by atoms with Crippen molar-refractivity contribution in [3.05, 3.63) is 62.0 Å². The first-order chi connectivity index (χ1) is 9.04. The fourth-order valence-corrected chi connectivity index (χ4v) is 2.63. The predicted molar refractivity (Wildman–Crippen MR) is 83.2 cm³/mol. The quantitative estimate of drug-likeness (QED) is 0.852. The number of rotatable bonds is 3. The maximum absolute atomic E-state index is 6.26. The van der Waals surface area contributed by atoms with Crippen molar-refractivity contribution in [2.75, 3.05) is 7.11 Å². The van der Waals surface area contributed by atoms with Gasteiger partial charge in [0.25, 0.3) is 0 Å². The Hall–Kier alpha value is -0.740. The van der Waals surface area contributed by atoms with Crippen molar-refractivity contribution in [2.45, 2.75) is 6.04 Å². The maximum atomic E-state index is 6.26. The summed E-state index contributed by atoms with van der Waals surface area (Å²) in [6.07, 6.45) is 0. The lowest BCUT2D eigenvalue weighted by Crippen LogP contribution is -2.12. The van der Waals surface area contributed by atoms with Gasteiger partial charge in [-0.3, -0.25) is 0 Å². The highest BCUT2D eigenvalue weighted by atomic mass is 79.9. The Morgan fingerprint density at radius 2 is 1.95 bits per heavy atom. The number of ether oxygens (including phenoxy) is 1. The molecule has 0 aliphatic heterocycles. The number of benzene rings is 2. The first kappa shape index (κ1) is 14.7. The second-order valence-corrected chi connectivity index (χ2v) is 5.65. The largest absolute Gasteiger partial charge is 0.495 e. The third kappa shape index (κ3) is 3.06. The SMILES string of the molecule is COc1cc(C(N)c2cccc(Br)c2Cl)ccc1Cl. The highest BCUT2D eigenvalue weighted by Crippen LogP contribution is 2.34. The second kappa shape index (κ2) is 6.14. The van der Waals surface area contributed by atoms with E-state index in [0.29, 0.717) is 15.8 Å². The Kier molecular flexibility index (Phi) is 4.74. The van der Waals surface area contributed by atoms with Crippen LogP contribution in [0.3, 0.4) is 0 Å². The molecule has 100 valence electrons. The van der Waals surface area contributed by atoms with Crippen LogP contribution in [-0.4, -0.2) is 7.11 Å². The molecule has 0 saturated heterocycles. The molecule has 2 rings (SSSR count). The molecule has 0 fully saturated rings. The minimum Gasteiger partial charge on any atom is -0.495 e. The van der Waals surface area contributed by atoms with Crippen LogP contribution in [0.2, 0.25) is 10.0 Å². The van der Waals surface area contributed by atoms with E-state index >= 15 is 0 Å². The average molecular weight is 361 g/mol. The summed E-state index contributed by atoms with van der Waals surface area (Å²) < 4.78 is 6.02. The van der Waals surface area contributed by atoms with Gasteiger partial charge in [-0.15, -0.1) is 0 Å². The number of hydrogen-bond acceptors (Lipinski definition) is 2. The van der Waals surface area contributed by atoms with E-state index in [1.807, 2.05) is 30.3 Å². The van der Waals surface area contributed by atoms with Gasteiger partial charge in [-0.2, -0.15) is 0 Å². The van der Waals surface area contributed by atoms with E-state index in [2.05, 4.69) is 15.9 Å². The van der Waals surface area contributed by atoms with Crippen molar-refractivity contribution >= 4 is 39.1 Å². The molecule has 0 bridgehead atoms. The zero-order valence-corrected chi connectivity index (χ0v) is 13.3. The van der Waals surface area contributed by atoms with Gasteiger partial charge in [0.1, 0.15) is 5.75 Å². The van der Waals surface area contributed by atoms with Crippen LogP contribution < -0.4 is 10.5 Å². The first-order valence-corrected chi connectivity index (χ1v) is 7.12. The summed E-state index contributed by atoms with van der Waals surface area (Å²) in [5, 5.41) is 1.17. The number of halogens is 3. The Balaban J connectivity index is 2.44. The molecule has 0 heterocycles. The Morgan fingerprint density at radius 3 is 2.63 bits per heavy atom. The van der Waals surface area contributed by atoms with Crippen molar-refractivity contribution in [2.24, 2.45) is 5.73 Å². The summed E-state index contributed by atoms with van der Waals surface area (Å²) in [4.78, 5) is 0. The van der Waals surface area contributed by atoms with Gasteiger partial charge >= 0.3 is 0 Å². The lowest BCUT2D eigenvalue weighted by molar-refractivity contribution is 0.414. The van der Waals surface area contributed by atoms with Crippen molar-refractivity contribution in [3.8, 4) is 5.75 Å². The highest BCUT2D eigenvalue weighted by Gasteiger charge is 2.15. The fraction of sp³-hybridized carbons (Fsp3) is 0.143. The average Bonchev–Trinajstić information content (AvgIpc) is 2.41. The van der Waals surface area contributed by atoms with Crippen molar-refractivity contribution in [1.82, 2.24) is 0 Å². The third-order valence-electron chi connectivity index (χ3n) is 2.85. The molecule has 0 radical (unpaired) electrons. The molecule has 19 heavy (non-hydrogen) atoms. The van der Waals surface area contributed by atoms with E-state index < -0.39 is 0 Å². The normalized spacial score (nSPS) is 12.3. The fourth-order valence-electron chi connectivity index (χ4n) is 1.81. The third-order valence-corrected chi connectivity index (χ3v) is 4.47. The van der Waals surface area contributed by atoms with Gasteiger partial charge in [0.15, 0.2) is 0 Å². The summed E-state index contributed by atoms with van der Waals surface area (Å²) in [5.74, 6) is 0.598. The molecule has 0 amide bonds. The van der Waals surface area contributed by atoms with Gasteiger partial charge in [0, 0.05) is 4.47 Å². The van der Waals surface area contributed by atoms with E-state index in [1.54, 1.807) is 13.2 Å². The summed E-state index contributed by atoms with van der Waals surface area (Å²) in [6, 6.07) is 10.8. The Labute approximate surface area is 130 Å². The van der Waals surface area contributed by atoms with Crippen molar-refractivity contribution < 1.29 is 4.74 Å². The first-order valence-electron chi connectivity index (χ1n) is 5.57. The van der Waals surface area contributed by atoms with Crippen molar-refractivity contribution in [3.63, 3.8) is 0 Å². The Morgan fingerprint density at radius 1 is 1.21 bits per heavy atom. The molecule has 2 aromatic rings. The van der Waals surface area contributed by atoms with Gasteiger partial charge < -0.3 is 10.5 Å². The summed E-state index contributed by atoms with van der Waals surface area (Å²) in [6.45, 7) is 0. The van der Waals surface area contributed by atoms with Gasteiger partial charge in [-0.25, -0.2) is 0 Å². The van der Waals surface area contributed by atoms with Crippen LogP contribution in [0.1, 0.15) is 17.2 Å². The zero-order valence-electron chi connectivity index (χ0n) is 10.2. The number of nitrogens with two attached hydrogens (primary N) is 1.